The van der Waals surface area contributed by atoms with Gasteiger partial charge >= 0.3 is 0 Å². The Hall–Kier alpha value is -1.29. The van der Waals surface area contributed by atoms with Crippen molar-refractivity contribution in [1.29, 1.82) is 0 Å². The second-order valence-electron chi connectivity index (χ2n) is 4.79. The summed E-state index contributed by atoms with van der Waals surface area (Å²) in [6.07, 6.45) is 0.151. The van der Waals surface area contributed by atoms with Crippen LogP contribution in [0.4, 0.5) is 0 Å². The van der Waals surface area contributed by atoms with E-state index >= 15 is 0 Å². The van der Waals surface area contributed by atoms with E-state index in [4.69, 9.17) is 4.74 Å². The van der Waals surface area contributed by atoms with Crippen LogP contribution in [0.3, 0.4) is 0 Å². The average Bonchev–Trinajstić information content (AvgIpc) is 2.73. The number of imidazole rings is 1. The van der Waals surface area contributed by atoms with Crippen LogP contribution in [0.2, 0.25) is 0 Å². The zero-order chi connectivity index (χ0) is 16.9. The molecule has 0 radical (unpaired) electrons. The number of ether oxygens (including phenoxy) is 1. The SMILES string of the molecule is CC.CC.Cc1nc2n(c1C)CC(C)Oc1ccc(Br)cc1-2. The Morgan fingerprint density at radius 2 is 1.82 bits per heavy atom. The summed E-state index contributed by atoms with van der Waals surface area (Å²) in [5, 5.41) is 0. The van der Waals surface area contributed by atoms with Crippen LogP contribution in [0.25, 0.3) is 11.4 Å². The Balaban J connectivity index is 0.000000561. The van der Waals surface area contributed by atoms with Crippen molar-refractivity contribution in [2.45, 2.75) is 61.1 Å². The summed E-state index contributed by atoms with van der Waals surface area (Å²) in [5.74, 6) is 1.92. The number of hydrogen-bond acceptors (Lipinski definition) is 2. The van der Waals surface area contributed by atoms with Crippen LogP contribution in [0.5, 0.6) is 5.75 Å². The molecule has 0 saturated carbocycles. The number of benzene rings is 1. The van der Waals surface area contributed by atoms with Crippen LogP contribution in [0.15, 0.2) is 22.7 Å². The van der Waals surface area contributed by atoms with E-state index in [9.17, 15) is 0 Å². The van der Waals surface area contributed by atoms with Gasteiger partial charge in [-0.1, -0.05) is 43.6 Å². The molecule has 0 N–H and O–H groups in total. The molecule has 2 aromatic rings. The molecule has 0 amide bonds. The van der Waals surface area contributed by atoms with E-state index in [1.165, 1.54) is 5.69 Å². The molecule has 1 aromatic carbocycles. The van der Waals surface area contributed by atoms with Crippen molar-refractivity contribution in [3.05, 3.63) is 34.1 Å². The highest BCUT2D eigenvalue weighted by Crippen LogP contribution is 2.36. The topological polar surface area (TPSA) is 27.1 Å². The summed E-state index contributed by atoms with van der Waals surface area (Å²) >= 11 is 3.52. The van der Waals surface area contributed by atoms with Crippen molar-refractivity contribution < 1.29 is 4.74 Å². The largest absolute Gasteiger partial charge is 0.488 e. The van der Waals surface area contributed by atoms with Gasteiger partial charge in [0.1, 0.15) is 17.7 Å². The Labute approximate surface area is 142 Å². The lowest BCUT2D eigenvalue weighted by molar-refractivity contribution is 0.205. The molecular weight excluding hydrogens is 340 g/mol. The molecule has 3 rings (SSSR count). The normalized spacial score (nSPS) is 15.0. The molecule has 4 heteroatoms. The fourth-order valence-electron chi connectivity index (χ4n) is 2.37. The Morgan fingerprint density at radius 1 is 1.18 bits per heavy atom. The van der Waals surface area contributed by atoms with Gasteiger partial charge in [-0.25, -0.2) is 4.98 Å². The minimum absolute atomic E-state index is 0.151. The number of halogens is 1. The summed E-state index contributed by atoms with van der Waals surface area (Å²) in [6, 6.07) is 6.08. The standard InChI is InChI=1S/C14H15BrN2O.2C2H6/c1-8-7-17-10(3)9(2)16-14(17)12-6-11(15)4-5-13(12)18-8;2*1-2/h4-6,8H,7H2,1-3H3;2*1-2H3. The van der Waals surface area contributed by atoms with Gasteiger partial charge in [-0.15, -0.1) is 0 Å². The zero-order valence-electron chi connectivity index (χ0n) is 14.7. The molecule has 0 aliphatic carbocycles. The van der Waals surface area contributed by atoms with E-state index in [-0.39, 0.29) is 6.10 Å². The Kier molecular flexibility index (Phi) is 7.14. The van der Waals surface area contributed by atoms with Gasteiger partial charge in [0.2, 0.25) is 0 Å². The van der Waals surface area contributed by atoms with E-state index in [0.29, 0.717) is 0 Å². The maximum absolute atomic E-state index is 5.97. The van der Waals surface area contributed by atoms with Crippen molar-refractivity contribution in [2.75, 3.05) is 0 Å². The number of hydrogen-bond donors (Lipinski definition) is 0. The number of fused-ring (bicyclic) bond motifs is 3. The maximum atomic E-state index is 5.97. The highest BCUT2D eigenvalue weighted by molar-refractivity contribution is 9.10. The van der Waals surface area contributed by atoms with Gasteiger partial charge in [0, 0.05) is 10.2 Å². The Morgan fingerprint density at radius 3 is 2.45 bits per heavy atom. The van der Waals surface area contributed by atoms with Crippen molar-refractivity contribution in [3.63, 3.8) is 0 Å². The highest BCUT2D eigenvalue weighted by Gasteiger charge is 2.23. The van der Waals surface area contributed by atoms with Crippen LogP contribution in [0, 0.1) is 13.8 Å². The van der Waals surface area contributed by atoms with Gasteiger partial charge < -0.3 is 9.30 Å². The zero-order valence-corrected chi connectivity index (χ0v) is 16.3. The lowest BCUT2D eigenvalue weighted by atomic mass is 10.2. The molecule has 1 aromatic heterocycles. The van der Waals surface area contributed by atoms with Crippen LogP contribution in [-0.4, -0.2) is 15.7 Å². The summed E-state index contributed by atoms with van der Waals surface area (Å²) in [7, 11) is 0. The third-order valence-electron chi connectivity index (χ3n) is 3.41. The third-order valence-corrected chi connectivity index (χ3v) is 3.90. The van der Waals surface area contributed by atoms with Gasteiger partial charge in [0.15, 0.2) is 0 Å². The van der Waals surface area contributed by atoms with Gasteiger partial charge in [-0.3, -0.25) is 0 Å². The molecule has 0 spiro atoms. The van der Waals surface area contributed by atoms with E-state index in [0.717, 1.165) is 33.8 Å². The number of rotatable bonds is 0. The van der Waals surface area contributed by atoms with Gasteiger partial charge in [-0.2, -0.15) is 0 Å². The van der Waals surface area contributed by atoms with Crippen LogP contribution in [-0.2, 0) is 6.54 Å². The lowest BCUT2D eigenvalue weighted by Gasteiger charge is -2.13. The first-order valence-electron chi connectivity index (χ1n) is 8.06. The fourth-order valence-corrected chi connectivity index (χ4v) is 2.74. The molecule has 1 atom stereocenters. The third kappa shape index (κ3) is 3.72. The minimum Gasteiger partial charge on any atom is -0.488 e. The molecule has 2 heterocycles. The molecule has 122 valence electrons. The Bertz CT molecular complexity index is 620. The molecule has 3 nitrogen and oxygen atoms in total. The lowest BCUT2D eigenvalue weighted by Crippen LogP contribution is -2.18. The molecule has 1 unspecified atom stereocenters. The monoisotopic (exact) mass is 366 g/mol. The summed E-state index contributed by atoms with van der Waals surface area (Å²) in [4.78, 5) is 4.69. The second-order valence-corrected chi connectivity index (χ2v) is 5.70. The average molecular weight is 367 g/mol. The molecule has 0 fully saturated rings. The van der Waals surface area contributed by atoms with Crippen LogP contribution >= 0.6 is 15.9 Å². The molecule has 22 heavy (non-hydrogen) atoms. The molecule has 1 aliphatic rings. The number of aryl methyl sites for hydroxylation is 1. The first-order valence-corrected chi connectivity index (χ1v) is 8.86. The maximum Gasteiger partial charge on any atom is 0.144 e. The number of aromatic nitrogens is 2. The van der Waals surface area contributed by atoms with Gasteiger partial charge in [0.05, 0.1) is 17.8 Å². The first kappa shape index (κ1) is 18.8. The number of nitrogens with zero attached hydrogens (tertiary/aromatic N) is 2. The van der Waals surface area contributed by atoms with Crippen LogP contribution < -0.4 is 4.74 Å². The van der Waals surface area contributed by atoms with Gasteiger partial charge in [-0.05, 0) is 39.0 Å². The predicted molar refractivity (Wildman–Crippen MR) is 97.6 cm³/mol. The summed E-state index contributed by atoms with van der Waals surface area (Å²) in [6.45, 7) is 15.1. The van der Waals surface area contributed by atoms with E-state index < -0.39 is 0 Å². The van der Waals surface area contributed by atoms with E-state index in [2.05, 4.69) is 52.3 Å². The molecule has 0 saturated heterocycles. The quantitative estimate of drug-likeness (QED) is 0.592. The smallest absolute Gasteiger partial charge is 0.144 e. The fraction of sp³-hybridized carbons (Fsp3) is 0.500. The highest BCUT2D eigenvalue weighted by atomic mass is 79.9. The van der Waals surface area contributed by atoms with Crippen molar-refractivity contribution in [1.82, 2.24) is 9.55 Å². The minimum atomic E-state index is 0.151. The van der Waals surface area contributed by atoms with E-state index in [1.807, 2.05) is 39.8 Å². The predicted octanol–water partition coefficient (Wildman–Crippen LogP) is 5.76. The summed E-state index contributed by atoms with van der Waals surface area (Å²) < 4.78 is 9.26. The van der Waals surface area contributed by atoms with Crippen molar-refractivity contribution in [3.8, 4) is 17.1 Å². The van der Waals surface area contributed by atoms with Crippen molar-refractivity contribution >= 4 is 15.9 Å². The second kappa shape index (κ2) is 8.37. The molecule has 0 bridgehead atoms. The van der Waals surface area contributed by atoms with Gasteiger partial charge in [0.25, 0.3) is 0 Å². The first-order chi connectivity index (χ1) is 10.6. The molecule has 1 aliphatic heterocycles. The summed E-state index contributed by atoms with van der Waals surface area (Å²) in [5.41, 5.74) is 3.36. The van der Waals surface area contributed by atoms with E-state index in [1.54, 1.807) is 0 Å². The van der Waals surface area contributed by atoms with Crippen LogP contribution in [0.1, 0.15) is 46.0 Å². The van der Waals surface area contributed by atoms with Crippen molar-refractivity contribution in [2.24, 2.45) is 0 Å². The molecular formula is C18H27BrN2O.